The molecular formula is C15H20N4OS. The van der Waals surface area contributed by atoms with E-state index in [0.717, 1.165) is 54.8 Å². The zero-order valence-corrected chi connectivity index (χ0v) is 13.0. The molecule has 0 aromatic carbocycles. The molecule has 112 valence electrons. The monoisotopic (exact) mass is 304 g/mol. The fourth-order valence-electron chi connectivity index (χ4n) is 2.80. The van der Waals surface area contributed by atoms with Crippen LogP contribution in [0.2, 0.25) is 0 Å². The Morgan fingerprint density at radius 1 is 1.52 bits per heavy atom. The molecule has 1 unspecified atom stereocenters. The number of nitrogens with one attached hydrogen (secondary N) is 1. The summed E-state index contributed by atoms with van der Waals surface area (Å²) < 4.78 is 0. The number of amides is 1. The lowest BCUT2D eigenvalue weighted by Crippen LogP contribution is -2.44. The molecule has 1 N–H and O–H groups in total. The van der Waals surface area contributed by atoms with E-state index in [0.29, 0.717) is 0 Å². The first kappa shape index (κ1) is 14.3. The van der Waals surface area contributed by atoms with Gasteiger partial charge in [0.05, 0.1) is 5.39 Å². The van der Waals surface area contributed by atoms with Crippen LogP contribution in [-0.4, -0.2) is 35.0 Å². The van der Waals surface area contributed by atoms with Crippen molar-refractivity contribution in [2.75, 3.05) is 18.0 Å². The van der Waals surface area contributed by atoms with Crippen molar-refractivity contribution in [2.45, 2.75) is 38.6 Å². The van der Waals surface area contributed by atoms with E-state index < -0.39 is 0 Å². The molecule has 1 amide bonds. The van der Waals surface area contributed by atoms with Crippen LogP contribution < -0.4 is 10.2 Å². The van der Waals surface area contributed by atoms with Crippen LogP contribution in [0.1, 0.15) is 32.6 Å². The van der Waals surface area contributed by atoms with Crippen LogP contribution in [0.4, 0.5) is 5.82 Å². The minimum atomic E-state index is -0.0974. The molecule has 0 saturated carbocycles. The minimum absolute atomic E-state index is 0.0974. The standard InChI is InChI=1S/C15H20N4OS/c1-2-3-7-16-14(20)12-5-4-8-19(12)13-11-6-9-21-15(11)18-10-17-13/h6,9-10,12H,2-5,7-8H2,1H3,(H,16,20). The molecule has 1 fully saturated rings. The van der Waals surface area contributed by atoms with Crippen LogP contribution in [0.25, 0.3) is 10.2 Å². The first-order chi connectivity index (χ1) is 10.3. The first-order valence-corrected chi connectivity index (χ1v) is 8.41. The topological polar surface area (TPSA) is 58.1 Å². The number of hydrogen-bond donors (Lipinski definition) is 1. The molecule has 0 radical (unpaired) electrons. The van der Waals surface area contributed by atoms with Crippen molar-refractivity contribution in [2.24, 2.45) is 0 Å². The van der Waals surface area contributed by atoms with Gasteiger partial charge in [-0.3, -0.25) is 4.79 Å². The van der Waals surface area contributed by atoms with Crippen molar-refractivity contribution in [3.05, 3.63) is 17.8 Å². The highest BCUT2D eigenvalue weighted by atomic mass is 32.1. The maximum Gasteiger partial charge on any atom is 0.242 e. The summed E-state index contributed by atoms with van der Waals surface area (Å²) in [6.07, 6.45) is 5.64. The van der Waals surface area contributed by atoms with Gasteiger partial charge in [-0.25, -0.2) is 9.97 Å². The molecule has 21 heavy (non-hydrogen) atoms. The molecule has 1 atom stereocenters. The molecule has 0 aliphatic carbocycles. The quantitative estimate of drug-likeness (QED) is 0.863. The van der Waals surface area contributed by atoms with Crippen LogP contribution in [-0.2, 0) is 4.79 Å². The normalized spacial score (nSPS) is 18.3. The van der Waals surface area contributed by atoms with Gasteiger partial charge in [0.25, 0.3) is 0 Å². The Balaban J connectivity index is 1.80. The highest BCUT2D eigenvalue weighted by molar-refractivity contribution is 7.16. The maximum atomic E-state index is 12.4. The van der Waals surface area contributed by atoms with E-state index in [4.69, 9.17) is 0 Å². The van der Waals surface area contributed by atoms with Crippen molar-refractivity contribution >= 4 is 33.3 Å². The number of aromatic nitrogens is 2. The zero-order valence-electron chi connectivity index (χ0n) is 12.2. The second-order valence-electron chi connectivity index (χ2n) is 5.33. The number of anilines is 1. The fourth-order valence-corrected chi connectivity index (χ4v) is 3.53. The number of hydrogen-bond acceptors (Lipinski definition) is 5. The smallest absolute Gasteiger partial charge is 0.242 e. The summed E-state index contributed by atoms with van der Waals surface area (Å²) in [4.78, 5) is 24.2. The summed E-state index contributed by atoms with van der Waals surface area (Å²) in [5, 5.41) is 6.12. The predicted octanol–water partition coefficient (Wildman–Crippen LogP) is 2.58. The van der Waals surface area contributed by atoms with E-state index in [2.05, 4.69) is 27.1 Å². The van der Waals surface area contributed by atoms with Gasteiger partial charge < -0.3 is 10.2 Å². The van der Waals surface area contributed by atoms with E-state index >= 15 is 0 Å². The molecule has 1 aliphatic heterocycles. The largest absolute Gasteiger partial charge is 0.354 e. The van der Waals surface area contributed by atoms with Gasteiger partial charge in [0.1, 0.15) is 23.0 Å². The lowest BCUT2D eigenvalue weighted by molar-refractivity contribution is -0.122. The van der Waals surface area contributed by atoms with E-state index in [1.54, 1.807) is 17.7 Å². The van der Waals surface area contributed by atoms with Crippen LogP contribution in [0.3, 0.4) is 0 Å². The minimum Gasteiger partial charge on any atom is -0.354 e. The molecular weight excluding hydrogens is 284 g/mol. The van der Waals surface area contributed by atoms with Gasteiger partial charge in [-0.15, -0.1) is 11.3 Å². The van der Waals surface area contributed by atoms with Crippen LogP contribution in [0, 0.1) is 0 Å². The van der Waals surface area contributed by atoms with Crippen LogP contribution in [0.15, 0.2) is 17.8 Å². The Morgan fingerprint density at radius 2 is 2.43 bits per heavy atom. The Morgan fingerprint density at radius 3 is 3.29 bits per heavy atom. The van der Waals surface area contributed by atoms with Gasteiger partial charge in [0.2, 0.25) is 5.91 Å². The first-order valence-electron chi connectivity index (χ1n) is 7.54. The van der Waals surface area contributed by atoms with Gasteiger partial charge in [-0.05, 0) is 30.7 Å². The molecule has 0 bridgehead atoms. The number of rotatable bonds is 5. The predicted molar refractivity (Wildman–Crippen MR) is 85.7 cm³/mol. The third-order valence-corrected chi connectivity index (χ3v) is 4.72. The third kappa shape index (κ3) is 2.85. The zero-order chi connectivity index (χ0) is 14.7. The van der Waals surface area contributed by atoms with E-state index in [9.17, 15) is 4.79 Å². The number of nitrogens with zero attached hydrogens (tertiary/aromatic N) is 3. The molecule has 3 heterocycles. The van der Waals surface area contributed by atoms with Crippen molar-refractivity contribution in [1.29, 1.82) is 0 Å². The van der Waals surface area contributed by atoms with Crippen molar-refractivity contribution in [3.8, 4) is 0 Å². The SMILES string of the molecule is CCCCNC(=O)C1CCCN1c1ncnc2sccc12. The van der Waals surface area contributed by atoms with Crippen molar-refractivity contribution in [1.82, 2.24) is 15.3 Å². The number of thiophene rings is 1. The molecule has 0 spiro atoms. The number of carbonyl (C=O) groups excluding carboxylic acids is 1. The Bertz CT molecular complexity index is 627. The van der Waals surface area contributed by atoms with E-state index in [1.165, 1.54) is 0 Å². The lowest BCUT2D eigenvalue weighted by atomic mass is 10.2. The Hall–Kier alpha value is -1.69. The average Bonchev–Trinajstić information content (AvgIpc) is 3.15. The summed E-state index contributed by atoms with van der Waals surface area (Å²) in [6.45, 7) is 3.77. The summed E-state index contributed by atoms with van der Waals surface area (Å²) in [7, 11) is 0. The summed E-state index contributed by atoms with van der Waals surface area (Å²) in [5.41, 5.74) is 0. The van der Waals surface area contributed by atoms with Gasteiger partial charge in [-0.1, -0.05) is 13.3 Å². The van der Waals surface area contributed by atoms with Crippen LogP contribution >= 0.6 is 11.3 Å². The highest BCUT2D eigenvalue weighted by Crippen LogP contribution is 2.31. The molecule has 6 heteroatoms. The number of fused-ring (bicyclic) bond motifs is 1. The van der Waals surface area contributed by atoms with Crippen molar-refractivity contribution in [3.63, 3.8) is 0 Å². The van der Waals surface area contributed by atoms with Crippen molar-refractivity contribution < 1.29 is 4.79 Å². The summed E-state index contributed by atoms with van der Waals surface area (Å²) in [6, 6.07) is 1.94. The van der Waals surface area contributed by atoms with Gasteiger partial charge in [0, 0.05) is 13.1 Å². The molecule has 3 rings (SSSR count). The average molecular weight is 304 g/mol. The van der Waals surface area contributed by atoms with E-state index in [-0.39, 0.29) is 11.9 Å². The highest BCUT2D eigenvalue weighted by Gasteiger charge is 2.32. The lowest BCUT2D eigenvalue weighted by Gasteiger charge is -2.25. The fraction of sp³-hybridized carbons (Fsp3) is 0.533. The number of unbranched alkanes of at least 4 members (excludes halogenated alkanes) is 1. The maximum absolute atomic E-state index is 12.4. The molecule has 2 aromatic heterocycles. The Labute approximate surface area is 128 Å². The second-order valence-corrected chi connectivity index (χ2v) is 6.23. The summed E-state index contributed by atoms with van der Waals surface area (Å²) >= 11 is 1.61. The molecule has 2 aromatic rings. The Kier molecular flexibility index (Phi) is 4.34. The van der Waals surface area contributed by atoms with Gasteiger partial charge in [0.15, 0.2) is 0 Å². The van der Waals surface area contributed by atoms with Gasteiger partial charge >= 0.3 is 0 Å². The molecule has 1 saturated heterocycles. The molecule has 5 nitrogen and oxygen atoms in total. The number of carbonyl (C=O) groups is 1. The van der Waals surface area contributed by atoms with Gasteiger partial charge in [-0.2, -0.15) is 0 Å². The summed E-state index contributed by atoms with van der Waals surface area (Å²) in [5.74, 6) is 1.03. The van der Waals surface area contributed by atoms with E-state index in [1.807, 2.05) is 11.4 Å². The third-order valence-electron chi connectivity index (χ3n) is 3.90. The van der Waals surface area contributed by atoms with Crippen LogP contribution in [0.5, 0.6) is 0 Å². The second kappa shape index (κ2) is 6.39. The molecule has 1 aliphatic rings.